The van der Waals surface area contributed by atoms with Crippen molar-refractivity contribution in [3.05, 3.63) is 30.3 Å². The SMILES string of the molecule is CCCC(=O)N1CCN(c2cc(-c3ccccc3O)nnc2N)CC1.CCCCN(CCC)CCC1CCC1. The number of anilines is 2. The summed E-state index contributed by atoms with van der Waals surface area (Å²) in [5, 5.41) is 18.2. The number of phenolic OH excluding ortho intramolecular Hbond substituents is 1. The monoisotopic (exact) mass is 538 g/mol. The average Bonchev–Trinajstić information content (AvgIpc) is 2.92. The van der Waals surface area contributed by atoms with Crippen molar-refractivity contribution in [1.82, 2.24) is 20.0 Å². The van der Waals surface area contributed by atoms with Crippen LogP contribution in [-0.2, 0) is 4.79 Å². The minimum Gasteiger partial charge on any atom is -0.507 e. The van der Waals surface area contributed by atoms with Gasteiger partial charge in [-0.05, 0) is 69.4 Å². The fraction of sp³-hybridized carbons (Fsp3) is 0.645. The second-order valence-electron chi connectivity index (χ2n) is 10.9. The first-order valence-corrected chi connectivity index (χ1v) is 15.1. The maximum Gasteiger partial charge on any atom is 0.222 e. The topological polar surface area (TPSA) is 98.8 Å². The van der Waals surface area contributed by atoms with E-state index in [-0.39, 0.29) is 11.7 Å². The number of piperazine rings is 1. The van der Waals surface area contributed by atoms with Gasteiger partial charge in [0.15, 0.2) is 5.82 Å². The summed E-state index contributed by atoms with van der Waals surface area (Å²) in [5.74, 6) is 1.80. The van der Waals surface area contributed by atoms with E-state index in [9.17, 15) is 9.90 Å². The number of nitrogens with two attached hydrogens (primary N) is 1. The molecule has 1 aromatic carbocycles. The second-order valence-corrected chi connectivity index (χ2v) is 10.9. The lowest BCUT2D eigenvalue weighted by molar-refractivity contribution is -0.131. The molecule has 0 unspecified atom stereocenters. The Balaban J connectivity index is 0.000000255. The van der Waals surface area contributed by atoms with E-state index < -0.39 is 0 Å². The standard InChI is InChI=1S/C18H23N5O2.C13H27N/c1-2-5-17(25)23-10-8-22(9-11-23)15-12-14(20-21-18(15)19)13-6-3-4-7-16(13)24;1-3-5-11-14(10-4-2)12-9-13-7-6-8-13/h3-4,6-7,12,24H,2,5,8-11H2,1H3,(H2,19,21);13H,3-12H2,1-2H3. The second kappa shape index (κ2) is 16.3. The zero-order valence-electron chi connectivity index (χ0n) is 24.4. The summed E-state index contributed by atoms with van der Waals surface area (Å²) in [5.41, 5.74) is 8.00. The molecule has 0 radical (unpaired) electrons. The molecule has 39 heavy (non-hydrogen) atoms. The van der Waals surface area contributed by atoms with Gasteiger partial charge in [-0.15, -0.1) is 10.2 Å². The number of carbonyl (C=O) groups is 1. The molecule has 0 spiro atoms. The number of phenols is 1. The molecule has 0 atom stereocenters. The van der Waals surface area contributed by atoms with Crippen LogP contribution in [0.15, 0.2) is 30.3 Å². The van der Waals surface area contributed by atoms with Crippen LogP contribution in [0.25, 0.3) is 11.3 Å². The third-order valence-corrected chi connectivity index (χ3v) is 7.86. The summed E-state index contributed by atoms with van der Waals surface area (Å²) in [6.07, 6.45) is 11.5. The summed E-state index contributed by atoms with van der Waals surface area (Å²) in [6, 6.07) is 8.86. The quantitative estimate of drug-likeness (QED) is 0.364. The molecule has 1 aromatic heterocycles. The first kappa shape index (κ1) is 30.7. The van der Waals surface area contributed by atoms with Crippen molar-refractivity contribution in [2.45, 2.75) is 78.6 Å². The maximum atomic E-state index is 12.0. The Morgan fingerprint density at radius 1 is 1.00 bits per heavy atom. The van der Waals surface area contributed by atoms with Gasteiger partial charge in [-0.25, -0.2) is 0 Å². The van der Waals surface area contributed by atoms with Gasteiger partial charge in [-0.2, -0.15) is 0 Å². The van der Waals surface area contributed by atoms with Gasteiger partial charge in [0.1, 0.15) is 5.75 Å². The molecule has 1 aliphatic heterocycles. The van der Waals surface area contributed by atoms with Gasteiger partial charge in [0.2, 0.25) is 5.91 Å². The van der Waals surface area contributed by atoms with Gasteiger partial charge >= 0.3 is 0 Å². The van der Waals surface area contributed by atoms with Crippen molar-refractivity contribution in [1.29, 1.82) is 0 Å². The minimum absolute atomic E-state index is 0.155. The highest BCUT2D eigenvalue weighted by atomic mass is 16.3. The molecule has 2 aromatic rings. The Hall–Kier alpha value is -2.87. The van der Waals surface area contributed by atoms with Crippen LogP contribution in [0, 0.1) is 5.92 Å². The van der Waals surface area contributed by atoms with Crippen LogP contribution >= 0.6 is 0 Å². The molecular weight excluding hydrogens is 488 g/mol. The van der Waals surface area contributed by atoms with Gasteiger partial charge in [-0.3, -0.25) is 4.79 Å². The molecule has 1 saturated heterocycles. The summed E-state index contributed by atoms with van der Waals surface area (Å²) in [4.78, 5) is 18.7. The lowest BCUT2D eigenvalue weighted by Gasteiger charge is -2.36. The predicted molar refractivity (Wildman–Crippen MR) is 161 cm³/mol. The van der Waals surface area contributed by atoms with E-state index in [4.69, 9.17) is 5.73 Å². The molecule has 1 aliphatic carbocycles. The van der Waals surface area contributed by atoms with Gasteiger partial charge in [-0.1, -0.05) is 58.6 Å². The Bertz CT molecular complexity index is 1000. The number of hydrogen-bond acceptors (Lipinski definition) is 7. The van der Waals surface area contributed by atoms with Crippen molar-refractivity contribution < 1.29 is 9.90 Å². The molecule has 3 N–H and O–H groups in total. The maximum absolute atomic E-state index is 12.0. The number of benzene rings is 1. The number of hydrogen-bond donors (Lipinski definition) is 2. The number of unbranched alkanes of at least 4 members (excludes halogenated alkanes) is 1. The van der Waals surface area contributed by atoms with Gasteiger partial charge in [0.25, 0.3) is 0 Å². The van der Waals surface area contributed by atoms with Gasteiger partial charge in [0, 0.05) is 38.2 Å². The van der Waals surface area contributed by atoms with Gasteiger partial charge in [0.05, 0.1) is 11.4 Å². The summed E-state index contributed by atoms with van der Waals surface area (Å²) >= 11 is 0. The molecule has 8 nitrogen and oxygen atoms in total. The Kier molecular flexibility index (Phi) is 12.8. The highest BCUT2D eigenvalue weighted by Crippen LogP contribution is 2.32. The molecule has 8 heteroatoms. The summed E-state index contributed by atoms with van der Waals surface area (Å²) in [6.45, 7) is 13.3. The van der Waals surface area contributed by atoms with E-state index in [1.165, 1.54) is 64.6 Å². The van der Waals surface area contributed by atoms with Crippen LogP contribution < -0.4 is 10.6 Å². The number of aromatic hydroxyl groups is 1. The molecule has 216 valence electrons. The average molecular weight is 539 g/mol. The summed E-state index contributed by atoms with van der Waals surface area (Å²) in [7, 11) is 0. The van der Waals surface area contributed by atoms with Crippen LogP contribution in [0.5, 0.6) is 5.75 Å². The van der Waals surface area contributed by atoms with E-state index in [1.54, 1.807) is 18.2 Å². The third-order valence-electron chi connectivity index (χ3n) is 7.86. The number of amides is 1. The highest BCUT2D eigenvalue weighted by Gasteiger charge is 2.23. The number of rotatable bonds is 12. The molecular formula is C31H50N6O2. The van der Waals surface area contributed by atoms with Crippen molar-refractivity contribution in [3.63, 3.8) is 0 Å². The van der Waals surface area contributed by atoms with E-state index in [0.29, 0.717) is 49.7 Å². The van der Waals surface area contributed by atoms with E-state index >= 15 is 0 Å². The fourth-order valence-electron chi connectivity index (χ4n) is 5.22. The molecule has 1 amide bonds. The Labute approximate surface area is 235 Å². The smallest absolute Gasteiger partial charge is 0.222 e. The van der Waals surface area contributed by atoms with Crippen LogP contribution in [-0.4, -0.2) is 76.8 Å². The highest BCUT2D eigenvalue weighted by molar-refractivity contribution is 5.77. The number of aromatic nitrogens is 2. The van der Waals surface area contributed by atoms with E-state index in [2.05, 4.69) is 33.8 Å². The van der Waals surface area contributed by atoms with Crippen LogP contribution in [0.2, 0.25) is 0 Å². The largest absolute Gasteiger partial charge is 0.507 e. The molecule has 1 saturated carbocycles. The lowest BCUT2D eigenvalue weighted by Crippen LogP contribution is -2.49. The number of nitrogen functional groups attached to an aromatic ring is 1. The van der Waals surface area contributed by atoms with Crippen molar-refractivity contribution in [2.24, 2.45) is 5.92 Å². The first-order chi connectivity index (χ1) is 19.0. The molecule has 2 aliphatic rings. The first-order valence-electron chi connectivity index (χ1n) is 15.1. The van der Waals surface area contributed by atoms with Crippen molar-refractivity contribution >= 4 is 17.4 Å². The van der Waals surface area contributed by atoms with E-state index in [1.807, 2.05) is 24.0 Å². The lowest BCUT2D eigenvalue weighted by atomic mass is 9.83. The van der Waals surface area contributed by atoms with Gasteiger partial charge < -0.3 is 25.5 Å². The fourth-order valence-corrected chi connectivity index (χ4v) is 5.22. The van der Waals surface area contributed by atoms with E-state index in [0.717, 1.165) is 18.0 Å². The van der Waals surface area contributed by atoms with Crippen molar-refractivity contribution in [2.75, 3.05) is 56.4 Å². The Morgan fingerprint density at radius 3 is 2.36 bits per heavy atom. The number of nitrogens with zero attached hydrogens (tertiary/aromatic N) is 5. The molecule has 2 fully saturated rings. The third kappa shape index (κ3) is 9.38. The number of para-hydroxylation sites is 1. The zero-order chi connectivity index (χ0) is 28.0. The minimum atomic E-state index is 0.155. The normalized spacial score (nSPS) is 15.6. The zero-order valence-corrected chi connectivity index (χ0v) is 24.4. The summed E-state index contributed by atoms with van der Waals surface area (Å²) < 4.78 is 0. The predicted octanol–water partition coefficient (Wildman–Crippen LogP) is 5.57. The molecule has 2 heterocycles. The van der Waals surface area contributed by atoms with Crippen LogP contribution in [0.3, 0.4) is 0 Å². The number of carbonyl (C=O) groups excluding carboxylic acids is 1. The Morgan fingerprint density at radius 2 is 1.74 bits per heavy atom. The molecule has 0 bridgehead atoms. The molecule has 4 rings (SSSR count). The van der Waals surface area contributed by atoms with Crippen LogP contribution in [0.1, 0.15) is 78.6 Å². The van der Waals surface area contributed by atoms with Crippen molar-refractivity contribution in [3.8, 4) is 17.0 Å². The van der Waals surface area contributed by atoms with Crippen LogP contribution in [0.4, 0.5) is 11.5 Å².